The number of Topliss-reactive ketones (excluding diaryl/α,β-unsaturated/α-hetero) is 1. The molecule has 1 aromatic rings. The molecule has 0 amide bonds. The van der Waals surface area contributed by atoms with Gasteiger partial charge in [-0.3, -0.25) is 4.79 Å². The lowest BCUT2D eigenvalue weighted by atomic mass is 10.1. The third-order valence-electron chi connectivity index (χ3n) is 2.70. The summed E-state index contributed by atoms with van der Waals surface area (Å²) in [6.45, 7) is 0. The van der Waals surface area contributed by atoms with E-state index in [9.17, 15) is 4.79 Å². The molecule has 1 aliphatic rings. The molecule has 0 atom stereocenters. The topological polar surface area (TPSA) is 35.5 Å². The third-order valence-corrected chi connectivity index (χ3v) is 3.45. The minimum Gasteiger partial charge on any atom is -0.495 e. The fraction of sp³-hybridized carbons (Fsp3) is 0.417. The molecule has 0 saturated heterocycles. The Balaban J connectivity index is 2.44. The van der Waals surface area contributed by atoms with Crippen LogP contribution in [0.25, 0.3) is 0 Å². The molecule has 0 aliphatic heterocycles. The van der Waals surface area contributed by atoms with Crippen molar-refractivity contribution in [2.75, 3.05) is 14.2 Å². The van der Waals surface area contributed by atoms with Gasteiger partial charge in [0.2, 0.25) is 0 Å². The fourth-order valence-electron chi connectivity index (χ4n) is 1.65. The average Bonchev–Trinajstić information content (AvgIpc) is 3.11. The molecule has 0 N–H and O–H groups in total. The van der Waals surface area contributed by atoms with Gasteiger partial charge in [-0.1, -0.05) is 0 Å². The molecule has 0 bridgehead atoms. The summed E-state index contributed by atoms with van der Waals surface area (Å²) >= 11 is 3.39. The molecule has 0 spiro atoms. The van der Waals surface area contributed by atoms with Crippen LogP contribution in [-0.4, -0.2) is 20.0 Å². The van der Waals surface area contributed by atoms with Crippen LogP contribution in [0.1, 0.15) is 23.2 Å². The first-order chi connectivity index (χ1) is 7.69. The lowest BCUT2D eigenvalue weighted by molar-refractivity contribution is 0.0964. The van der Waals surface area contributed by atoms with Crippen molar-refractivity contribution in [3.05, 3.63) is 22.2 Å². The predicted molar refractivity (Wildman–Crippen MR) is 64.3 cm³/mol. The summed E-state index contributed by atoms with van der Waals surface area (Å²) < 4.78 is 11.1. The van der Waals surface area contributed by atoms with Crippen molar-refractivity contribution in [2.45, 2.75) is 12.8 Å². The number of methoxy groups -OCH3 is 2. The Morgan fingerprint density at radius 1 is 1.31 bits per heavy atom. The van der Waals surface area contributed by atoms with Crippen molar-refractivity contribution in [1.82, 2.24) is 0 Å². The number of ether oxygens (including phenoxy) is 2. The summed E-state index contributed by atoms with van der Waals surface area (Å²) in [6, 6.07) is 3.55. The number of halogens is 1. The maximum absolute atomic E-state index is 12.0. The van der Waals surface area contributed by atoms with E-state index >= 15 is 0 Å². The molecule has 1 aliphatic carbocycles. The first-order valence-electron chi connectivity index (χ1n) is 5.13. The normalized spacial score (nSPS) is 14.7. The molecule has 1 aromatic carbocycles. The van der Waals surface area contributed by atoms with E-state index < -0.39 is 0 Å². The highest BCUT2D eigenvalue weighted by atomic mass is 79.9. The SMILES string of the molecule is COc1ccc(C(=O)C2CC2)c(OC)c1Br. The van der Waals surface area contributed by atoms with E-state index in [0.29, 0.717) is 21.5 Å². The van der Waals surface area contributed by atoms with E-state index in [0.717, 1.165) is 12.8 Å². The van der Waals surface area contributed by atoms with Gasteiger partial charge in [-0.15, -0.1) is 0 Å². The number of carbonyl (C=O) groups excluding carboxylic acids is 1. The summed E-state index contributed by atoms with van der Waals surface area (Å²) in [5.74, 6) is 1.59. The highest BCUT2D eigenvalue weighted by molar-refractivity contribution is 9.10. The monoisotopic (exact) mass is 284 g/mol. The number of hydrogen-bond acceptors (Lipinski definition) is 3. The molecule has 0 radical (unpaired) electrons. The molecule has 4 heteroatoms. The van der Waals surface area contributed by atoms with E-state index in [1.807, 2.05) is 0 Å². The largest absolute Gasteiger partial charge is 0.495 e. The molecule has 3 nitrogen and oxygen atoms in total. The van der Waals surface area contributed by atoms with Crippen molar-refractivity contribution < 1.29 is 14.3 Å². The Kier molecular flexibility index (Phi) is 3.19. The number of hydrogen-bond donors (Lipinski definition) is 0. The van der Waals surface area contributed by atoms with Crippen molar-refractivity contribution in [2.24, 2.45) is 5.92 Å². The quantitative estimate of drug-likeness (QED) is 0.798. The second kappa shape index (κ2) is 4.45. The second-order valence-electron chi connectivity index (χ2n) is 3.80. The van der Waals surface area contributed by atoms with E-state index in [4.69, 9.17) is 9.47 Å². The lowest BCUT2D eigenvalue weighted by Crippen LogP contribution is -2.05. The van der Waals surface area contributed by atoms with Gasteiger partial charge < -0.3 is 9.47 Å². The zero-order valence-corrected chi connectivity index (χ0v) is 10.8. The number of carbonyl (C=O) groups is 1. The summed E-state index contributed by atoms with van der Waals surface area (Å²) in [5, 5.41) is 0. The molecule has 0 unspecified atom stereocenters. The summed E-state index contributed by atoms with van der Waals surface area (Å²) in [4.78, 5) is 12.0. The minimum atomic E-state index is 0.167. The van der Waals surface area contributed by atoms with Crippen LogP contribution in [0.3, 0.4) is 0 Å². The summed E-state index contributed by atoms with van der Waals surface area (Å²) in [6.07, 6.45) is 1.98. The Morgan fingerprint density at radius 2 is 2.00 bits per heavy atom. The van der Waals surface area contributed by atoms with Crippen molar-refractivity contribution in [3.8, 4) is 11.5 Å². The van der Waals surface area contributed by atoms with Gasteiger partial charge in [0.1, 0.15) is 16.0 Å². The van der Waals surface area contributed by atoms with Crippen LogP contribution in [0.5, 0.6) is 11.5 Å². The van der Waals surface area contributed by atoms with Crippen molar-refractivity contribution in [3.63, 3.8) is 0 Å². The maximum Gasteiger partial charge on any atom is 0.169 e. The number of ketones is 1. The third kappa shape index (κ3) is 1.94. The zero-order chi connectivity index (χ0) is 11.7. The van der Waals surface area contributed by atoms with Crippen LogP contribution in [0.15, 0.2) is 16.6 Å². The molecule has 86 valence electrons. The highest BCUT2D eigenvalue weighted by Crippen LogP contribution is 2.41. The molecule has 0 heterocycles. The minimum absolute atomic E-state index is 0.167. The van der Waals surface area contributed by atoms with Gasteiger partial charge in [0.25, 0.3) is 0 Å². The molecule has 0 aromatic heterocycles. The Morgan fingerprint density at radius 3 is 2.50 bits per heavy atom. The van der Waals surface area contributed by atoms with Crippen molar-refractivity contribution >= 4 is 21.7 Å². The maximum atomic E-state index is 12.0. The van der Waals surface area contributed by atoms with Crippen LogP contribution < -0.4 is 9.47 Å². The summed E-state index contributed by atoms with van der Waals surface area (Å²) in [7, 11) is 3.14. The van der Waals surface area contributed by atoms with E-state index in [2.05, 4.69) is 15.9 Å². The van der Waals surface area contributed by atoms with Crippen LogP contribution in [0.2, 0.25) is 0 Å². The molecule has 2 rings (SSSR count). The van der Waals surface area contributed by atoms with Gasteiger partial charge in [0, 0.05) is 5.92 Å². The number of benzene rings is 1. The zero-order valence-electron chi connectivity index (χ0n) is 9.25. The molecule has 16 heavy (non-hydrogen) atoms. The molecular weight excluding hydrogens is 272 g/mol. The van der Waals surface area contributed by atoms with Gasteiger partial charge in [0.05, 0.1) is 19.8 Å². The van der Waals surface area contributed by atoms with E-state index in [-0.39, 0.29) is 11.7 Å². The van der Waals surface area contributed by atoms with Gasteiger partial charge in [-0.2, -0.15) is 0 Å². The van der Waals surface area contributed by atoms with Crippen LogP contribution in [0, 0.1) is 5.92 Å². The lowest BCUT2D eigenvalue weighted by Gasteiger charge is -2.12. The van der Waals surface area contributed by atoms with Crippen LogP contribution >= 0.6 is 15.9 Å². The Bertz CT molecular complexity index is 425. The second-order valence-corrected chi connectivity index (χ2v) is 4.59. The predicted octanol–water partition coefficient (Wildman–Crippen LogP) is 3.06. The average molecular weight is 285 g/mol. The standard InChI is InChI=1S/C12H13BrO3/c1-15-9-6-5-8(11(14)7-3-4-7)12(16-2)10(9)13/h5-7H,3-4H2,1-2H3. The first-order valence-corrected chi connectivity index (χ1v) is 5.93. The Labute approximate surface area is 103 Å². The smallest absolute Gasteiger partial charge is 0.169 e. The number of rotatable bonds is 4. The van der Waals surface area contributed by atoms with E-state index in [1.54, 1.807) is 26.4 Å². The molecular formula is C12H13BrO3. The molecule has 1 saturated carbocycles. The van der Waals surface area contributed by atoms with Gasteiger partial charge in [-0.05, 0) is 40.9 Å². The Hall–Kier alpha value is -1.03. The first kappa shape index (κ1) is 11.5. The van der Waals surface area contributed by atoms with Gasteiger partial charge in [-0.25, -0.2) is 0 Å². The molecule has 1 fully saturated rings. The van der Waals surface area contributed by atoms with E-state index in [1.165, 1.54) is 0 Å². The highest BCUT2D eigenvalue weighted by Gasteiger charge is 2.33. The van der Waals surface area contributed by atoms with Gasteiger partial charge in [0.15, 0.2) is 5.78 Å². The van der Waals surface area contributed by atoms with Crippen LogP contribution in [0.4, 0.5) is 0 Å². The van der Waals surface area contributed by atoms with Crippen molar-refractivity contribution in [1.29, 1.82) is 0 Å². The van der Waals surface area contributed by atoms with Gasteiger partial charge >= 0.3 is 0 Å². The summed E-state index contributed by atoms with van der Waals surface area (Å²) in [5.41, 5.74) is 0.637. The van der Waals surface area contributed by atoms with Crippen LogP contribution in [-0.2, 0) is 0 Å². The fourth-order valence-corrected chi connectivity index (χ4v) is 2.32.